The predicted molar refractivity (Wildman–Crippen MR) is 109 cm³/mol. The van der Waals surface area contributed by atoms with Crippen LogP contribution in [0.1, 0.15) is 48.2 Å². The van der Waals surface area contributed by atoms with Gasteiger partial charge in [-0.1, -0.05) is 30.3 Å². The minimum Gasteiger partial charge on any atom is -0.376 e. The third-order valence-electron chi connectivity index (χ3n) is 5.48. The summed E-state index contributed by atoms with van der Waals surface area (Å²) >= 11 is 0. The van der Waals surface area contributed by atoms with E-state index in [2.05, 4.69) is 16.7 Å². The monoisotopic (exact) mass is 380 g/mol. The molecule has 148 valence electrons. The van der Waals surface area contributed by atoms with Crippen molar-refractivity contribution in [3.05, 3.63) is 52.7 Å². The maximum Gasteiger partial charge on any atom is 0.239 e. The molecule has 1 aromatic carbocycles. The number of aromatic nitrogens is 1. The van der Waals surface area contributed by atoms with Crippen LogP contribution in [0.3, 0.4) is 0 Å². The molecule has 0 aliphatic carbocycles. The molecule has 1 amide bonds. The van der Waals surface area contributed by atoms with Crippen molar-refractivity contribution in [3.8, 4) is 6.07 Å². The minimum atomic E-state index is -0.162. The maximum absolute atomic E-state index is 12.6. The molecule has 1 fully saturated rings. The van der Waals surface area contributed by atoms with Gasteiger partial charge in [0.15, 0.2) is 0 Å². The number of carbonyl (C=O) groups is 1. The van der Waals surface area contributed by atoms with Gasteiger partial charge >= 0.3 is 0 Å². The Kier molecular flexibility index (Phi) is 6.50. The van der Waals surface area contributed by atoms with Gasteiger partial charge in [-0.05, 0) is 44.7 Å². The molecule has 0 radical (unpaired) electrons. The normalized spacial score (nSPS) is 17.3. The lowest BCUT2D eigenvalue weighted by atomic mass is 10.1. The zero-order valence-electron chi connectivity index (χ0n) is 16.8. The van der Waals surface area contributed by atoms with Crippen LogP contribution >= 0.6 is 0 Å². The molecule has 2 atom stereocenters. The van der Waals surface area contributed by atoms with Crippen LogP contribution in [0.5, 0.6) is 0 Å². The number of rotatable bonds is 7. The van der Waals surface area contributed by atoms with Crippen molar-refractivity contribution in [1.29, 1.82) is 5.26 Å². The van der Waals surface area contributed by atoms with Crippen LogP contribution in [0.25, 0.3) is 0 Å². The van der Waals surface area contributed by atoms with Gasteiger partial charge in [0.1, 0.15) is 11.9 Å². The summed E-state index contributed by atoms with van der Waals surface area (Å²) in [5, 5.41) is 15.8. The van der Waals surface area contributed by atoms with Crippen LogP contribution in [0.2, 0.25) is 0 Å². The Morgan fingerprint density at radius 1 is 1.36 bits per heavy atom. The Bertz CT molecular complexity index is 861. The zero-order valence-corrected chi connectivity index (χ0v) is 16.8. The Hall–Kier alpha value is -2.62. The second-order valence-electron chi connectivity index (χ2n) is 7.35. The Morgan fingerprint density at radius 3 is 2.75 bits per heavy atom. The highest BCUT2D eigenvalue weighted by atomic mass is 16.5. The van der Waals surface area contributed by atoms with Gasteiger partial charge in [-0.15, -0.1) is 0 Å². The van der Waals surface area contributed by atoms with Crippen molar-refractivity contribution in [2.75, 3.05) is 18.5 Å². The second-order valence-corrected chi connectivity index (χ2v) is 7.35. The van der Waals surface area contributed by atoms with Gasteiger partial charge in [0, 0.05) is 18.3 Å². The smallest absolute Gasteiger partial charge is 0.239 e. The summed E-state index contributed by atoms with van der Waals surface area (Å²) in [6, 6.07) is 12.3. The molecule has 6 heteroatoms. The van der Waals surface area contributed by atoms with E-state index < -0.39 is 0 Å². The van der Waals surface area contributed by atoms with E-state index in [1.807, 2.05) is 55.7 Å². The second kappa shape index (κ2) is 9.05. The fourth-order valence-corrected chi connectivity index (χ4v) is 3.63. The summed E-state index contributed by atoms with van der Waals surface area (Å²) in [7, 11) is 0. The van der Waals surface area contributed by atoms with Gasteiger partial charge in [0.2, 0.25) is 5.91 Å². The average molecular weight is 380 g/mol. The highest BCUT2D eigenvalue weighted by molar-refractivity contribution is 5.93. The largest absolute Gasteiger partial charge is 0.376 e. The summed E-state index contributed by atoms with van der Waals surface area (Å²) in [6.45, 7) is 7.53. The molecule has 2 heterocycles. The fourth-order valence-electron chi connectivity index (χ4n) is 3.63. The molecule has 1 aliphatic heterocycles. The van der Waals surface area contributed by atoms with Gasteiger partial charge in [0.25, 0.3) is 0 Å². The predicted octanol–water partition coefficient (Wildman–Crippen LogP) is 3.44. The molecule has 2 N–H and O–H groups in total. The molecule has 6 nitrogen and oxygen atoms in total. The zero-order chi connectivity index (χ0) is 20.1. The number of nitriles is 1. The molecule has 1 saturated heterocycles. The Morgan fingerprint density at radius 2 is 2.11 bits per heavy atom. The molecule has 3 rings (SSSR count). The van der Waals surface area contributed by atoms with Gasteiger partial charge in [-0.3, -0.25) is 4.79 Å². The Labute approximate surface area is 166 Å². The van der Waals surface area contributed by atoms with E-state index in [0.29, 0.717) is 17.9 Å². The highest BCUT2D eigenvalue weighted by Gasteiger charge is 2.24. The third-order valence-corrected chi connectivity index (χ3v) is 5.48. The highest BCUT2D eigenvalue weighted by Crippen LogP contribution is 2.28. The van der Waals surface area contributed by atoms with Crippen LogP contribution in [-0.4, -0.2) is 29.7 Å². The summed E-state index contributed by atoms with van der Waals surface area (Å²) in [5.74, 6) is 0.414. The number of anilines is 1. The topological polar surface area (TPSA) is 79.1 Å². The molecule has 0 saturated carbocycles. The van der Waals surface area contributed by atoms with E-state index in [-0.39, 0.29) is 24.6 Å². The van der Waals surface area contributed by atoms with Crippen LogP contribution in [0, 0.1) is 25.2 Å². The maximum atomic E-state index is 12.6. The number of carbonyl (C=O) groups excluding carboxylic acids is 1. The number of ether oxygens (including phenoxy) is 1. The van der Waals surface area contributed by atoms with Gasteiger partial charge < -0.3 is 19.9 Å². The van der Waals surface area contributed by atoms with Gasteiger partial charge in [0.05, 0.1) is 24.8 Å². The van der Waals surface area contributed by atoms with E-state index in [1.54, 1.807) is 0 Å². The molecule has 0 spiro atoms. The first-order chi connectivity index (χ1) is 13.5. The molecule has 2 aromatic rings. The SMILES string of the molecule is Cc1c(C#N)c(NC(=O)CN[C@H](C)c2ccccc2)n(C[C@@H]2CCCO2)c1C. The van der Waals surface area contributed by atoms with E-state index in [0.717, 1.165) is 36.3 Å². The number of amides is 1. The first kappa shape index (κ1) is 20.1. The fraction of sp³-hybridized carbons (Fsp3) is 0.455. The van der Waals surface area contributed by atoms with Crippen molar-refractivity contribution < 1.29 is 9.53 Å². The van der Waals surface area contributed by atoms with Gasteiger partial charge in [-0.25, -0.2) is 0 Å². The van der Waals surface area contributed by atoms with E-state index >= 15 is 0 Å². The van der Waals surface area contributed by atoms with Crippen LogP contribution < -0.4 is 10.6 Å². The quantitative estimate of drug-likeness (QED) is 0.771. The van der Waals surface area contributed by atoms with Crippen molar-refractivity contribution in [1.82, 2.24) is 9.88 Å². The van der Waals surface area contributed by atoms with Crippen molar-refractivity contribution in [2.24, 2.45) is 0 Å². The average Bonchev–Trinajstić information content (AvgIpc) is 3.30. The number of benzene rings is 1. The summed E-state index contributed by atoms with van der Waals surface area (Å²) in [4.78, 5) is 12.6. The summed E-state index contributed by atoms with van der Waals surface area (Å²) < 4.78 is 7.77. The molecular formula is C22H28N4O2. The first-order valence-electron chi connectivity index (χ1n) is 9.80. The van der Waals surface area contributed by atoms with E-state index in [9.17, 15) is 10.1 Å². The number of nitrogens with one attached hydrogen (secondary N) is 2. The van der Waals surface area contributed by atoms with Crippen LogP contribution in [-0.2, 0) is 16.1 Å². The Balaban J connectivity index is 1.70. The van der Waals surface area contributed by atoms with E-state index in [4.69, 9.17) is 4.74 Å². The number of hydrogen-bond donors (Lipinski definition) is 2. The van der Waals surface area contributed by atoms with E-state index in [1.165, 1.54) is 0 Å². The molecule has 1 aromatic heterocycles. The minimum absolute atomic E-state index is 0.0598. The van der Waals surface area contributed by atoms with Crippen molar-refractivity contribution in [3.63, 3.8) is 0 Å². The van der Waals surface area contributed by atoms with Crippen LogP contribution in [0.4, 0.5) is 5.82 Å². The molecular weight excluding hydrogens is 352 g/mol. The lowest BCUT2D eigenvalue weighted by molar-refractivity contribution is -0.115. The first-order valence-corrected chi connectivity index (χ1v) is 9.80. The number of hydrogen-bond acceptors (Lipinski definition) is 4. The third kappa shape index (κ3) is 4.44. The number of nitrogens with zero attached hydrogens (tertiary/aromatic N) is 2. The summed E-state index contributed by atoms with van der Waals surface area (Å²) in [6.07, 6.45) is 2.18. The lowest BCUT2D eigenvalue weighted by Gasteiger charge is -2.18. The molecule has 28 heavy (non-hydrogen) atoms. The standard InChI is InChI=1S/C22H28N4O2/c1-15-17(3)26(14-19-10-7-11-28-19)22(20(15)12-23)25-21(27)13-24-16(2)18-8-5-4-6-9-18/h4-6,8-9,16,19,24H,7,10-11,13-14H2,1-3H3,(H,25,27)/t16-,19+/m1/s1. The van der Waals surface area contributed by atoms with Crippen molar-refractivity contribution >= 4 is 11.7 Å². The molecule has 0 bridgehead atoms. The van der Waals surface area contributed by atoms with Crippen molar-refractivity contribution in [2.45, 2.75) is 52.3 Å². The van der Waals surface area contributed by atoms with Crippen LogP contribution in [0.15, 0.2) is 30.3 Å². The molecule has 1 aliphatic rings. The lowest BCUT2D eigenvalue weighted by Crippen LogP contribution is -2.31. The summed E-state index contributed by atoms with van der Waals surface area (Å²) in [5.41, 5.74) is 3.55. The molecule has 0 unspecified atom stereocenters. The van der Waals surface area contributed by atoms with Gasteiger partial charge in [-0.2, -0.15) is 5.26 Å².